The molecule has 0 heterocycles. The summed E-state index contributed by atoms with van der Waals surface area (Å²) in [6, 6.07) is 9.40. The van der Waals surface area contributed by atoms with Gasteiger partial charge in [-0.1, -0.05) is 35.3 Å². The molecule has 1 N–H and O–H groups in total. The number of carbonyl (C=O) groups is 1. The van der Waals surface area contributed by atoms with Gasteiger partial charge in [-0.15, -0.1) is 12.6 Å². The fourth-order valence-corrected chi connectivity index (χ4v) is 2.24. The molecule has 1 amide bonds. The summed E-state index contributed by atoms with van der Waals surface area (Å²) in [7, 11) is 0. The molecule has 0 bridgehead atoms. The normalized spacial score (nSPS) is 10.3. The zero-order valence-corrected chi connectivity index (χ0v) is 11.9. The van der Waals surface area contributed by atoms with E-state index in [1.54, 1.807) is 24.3 Å². The molecule has 0 saturated heterocycles. The van der Waals surface area contributed by atoms with Crippen LogP contribution in [-0.2, 0) is 0 Å². The third kappa shape index (κ3) is 3.21. The highest BCUT2D eigenvalue weighted by Crippen LogP contribution is 2.27. The van der Waals surface area contributed by atoms with Crippen LogP contribution in [0.25, 0.3) is 0 Å². The third-order valence-corrected chi connectivity index (χ3v) is 3.33. The number of hydrogen-bond donors (Lipinski definition) is 2. The largest absolute Gasteiger partial charge is 0.322 e. The van der Waals surface area contributed by atoms with Gasteiger partial charge in [0.1, 0.15) is 0 Å². The van der Waals surface area contributed by atoms with E-state index in [4.69, 9.17) is 23.2 Å². The van der Waals surface area contributed by atoms with E-state index in [2.05, 4.69) is 17.9 Å². The van der Waals surface area contributed by atoms with Gasteiger partial charge >= 0.3 is 0 Å². The lowest BCUT2D eigenvalue weighted by Crippen LogP contribution is -2.12. The van der Waals surface area contributed by atoms with Crippen molar-refractivity contribution < 1.29 is 9.18 Å². The second kappa shape index (κ2) is 5.82. The van der Waals surface area contributed by atoms with Crippen molar-refractivity contribution in [1.29, 1.82) is 0 Å². The van der Waals surface area contributed by atoms with E-state index >= 15 is 0 Å². The zero-order chi connectivity index (χ0) is 14.0. The van der Waals surface area contributed by atoms with E-state index in [0.29, 0.717) is 16.1 Å². The second-order valence-corrected chi connectivity index (χ2v) is 5.02. The van der Waals surface area contributed by atoms with E-state index in [0.717, 1.165) is 0 Å². The number of rotatable bonds is 2. The molecule has 19 heavy (non-hydrogen) atoms. The first-order valence-corrected chi connectivity index (χ1v) is 6.43. The predicted molar refractivity (Wildman–Crippen MR) is 78.1 cm³/mol. The van der Waals surface area contributed by atoms with Crippen LogP contribution in [0.5, 0.6) is 0 Å². The fraction of sp³-hybridized carbons (Fsp3) is 0. The number of thiol groups is 1. The Morgan fingerprint density at radius 3 is 2.32 bits per heavy atom. The summed E-state index contributed by atoms with van der Waals surface area (Å²) >= 11 is 15.5. The Hall–Kier alpha value is -1.23. The first-order chi connectivity index (χ1) is 8.99. The van der Waals surface area contributed by atoms with Crippen molar-refractivity contribution in [1.82, 2.24) is 0 Å². The Balaban J connectivity index is 2.27. The summed E-state index contributed by atoms with van der Waals surface area (Å²) in [6.45, 7) is 0. The van der Waals surface area contributed by atoms with Crippen LogP contribution >= 0.6 is 35.8 Å². The van der Waals surface area contributed by atoms with E-state index in [1.165, 1.54) is 12.1 Å². The molecular formula is C13H8Cl2FNOS. The lowest BCUT2D eigenvalue weighted by molar-refractivity contribution is 0.102. The monoisotopic (exact) mass is 315 g/mol. The molecule has 0 aliphatic heterocycles. The molecule has 2 rings (SSSR count). The van der Waals surface area contributed by atoms with Gasteiger partial charge in [0.2, 0.25) is 0 Å². The number of amides is 1. The molecule has 0 fully saturated rings. The van der Waals surface area contributed by atoms with Gasteiger partial charge < -0.3 is 5.32 Å². The number of benzene rings is 2. The van der Waals surface area contributed by atoms with E-state index in [9.17, 15) is 9.18 Å². The van der Waals surface area contributed by atoms with Crippen molar-refractivity contribution in [3.8, 4) is 0 Å². The van der Waals surface area contributed by atoms with Crippen LogP contribution in [0.3, 0.4) is 0 Å². The van der Waals surface area contributed by atoms with Crippen LogP contribution in [0.15, 0.2) is 41.3 Å². The number of nitrogens with one attached hydrogen (secondary N) is 1. The fourth-order valence-electron chi connectivity index (χ4n) is 1.49. The summed E-state index contributed by atoms with van der Waals surface area (Å²) < 4.78 is 13.2. The molecule has 6 heteroatoms. The van der Waals surface area contributed by atoms with E-state index < -0.39 is 5.82 Å². The van der Waals surface area contributed by atoms with Crippen molar-refractivity contribution in [2.45, 2.75) is 4.90 Å². The predicted octanol–water partition coefficient (Wildman–Crippen LogP) is 4.67. The van der Waals surface area contributed by atoms with Crippen molar-refractivity contribution in [3.05, 3.63) is 57.8 Å². The minimum atomic E-state index is -0.712. The van der Waals surface area contributed by atoms with E-state index in [-0.39, 0.29) is 16.0 Å². The Bertz CT molecular complexity index is 625. The molecular weight excluding hydrogens is 308 g/mol. The molecule has 0 unspecified atom stereocenters. The number of hydrogen-bond acceptors (Lipinski definition) is 2. The first kappa shape index (κ1) is 14.2. The van der Waals surface area contributed by atoms with Crippen LogP contribution in [0.1, 0.15) is 10.4 Å². The average Bonchev–Trinajstić information content (AvgIpc) is 2.36. The Kier molecular flexibility index (Phi) is 4.34. The van der Waals surface area contributed by atoms with Crippen molar-refractivity contribution >= 4 is 47.4 Å². The molecule has 2 aromatic carbocycles. The van der Waals surface area contributed by atoms with Crippen LogP contribution in [-0.4, -0.2) is 5.91 Å². The summed E-state index contributed by atoms with van der Waals surface area (Å²) in [6.07, 6.45) is 0. The Labute approximate surface area is 124 Å². The van der Waals surface area contributed by atoms with Gasteiger partial charge in [-0.2, -0.15) is 0 Å². The number of anilines is 1. The SMILES string of the molecule is O=C(Nc1cc(Cl)c(F)c(Cl)c1)c1ccccc1S. The van der Waals surface area contributed by atoms with Gasteiger partial charge in [-0.05, 0) is 24.3 Å². The molecule has 2 nitrogen and oxygen atoms in total. The standard InChI is InChI=1S/C13H8Cl2FNOS/c14-9-5-7(6-10(15)12(9)16)17-13(18)8-3-1-2-4-11(8)19/h1-6,19H,(H,17,18). The second-order valence-electron chi connectivity index (χ2n) is 3.73. The molecule has 0 saturated carbocycles. The molecule has 0 radical (unpaired) electrons. The zero-order valence-electron chi connectivity index (χ0n) is 9.45. The Morgan fingerprint density at radius 2 is 1.74 bits per heavy atom. The van der Waals surface area contributed by atoms with Gasteiger partial charge in [-0.25, -0.2) is 4.39 Å². The smallest absolute Gasteiger partial charge is 0.256 e. The van der Waals surface area contributed by atoms with Gasteiger partial charge in [-0.3, -0.25) is 4.79 Å². The molecule has 2 aromatic rings. The van der Waals surface area contributed by atoms with Gasteiger partial charge in [0.05, 0.1) is 15.6 Å². The lowest BCUT2D eigenvalue weighted by Gasteiger charge is -2.08. The minimum Gasteiger partial charge on any atom is -0.322 e. The summed E-state index contributed by atoms with van der Waals surface area (Å²) in [4.78, 5) is 12.5. The van der Waals surface area contributed by atoms with Crippen LogP contribution in [0.2, 0.25) is 10.0 Å². The number of carbonyl (C=O) groups excluding carboxylic acids is 1. The maximum atomic E-state index is 13.2. The van der Waals surface area contributed by atoms with Crippen molar-refractivity contribution in [3.63, 3.8) is 0 Å². The summed E-state index contributed by atoms with van der Waals surface area (Å²) in [5, 5.41) is 2.28. The topological polar surface area (TPSA) is 29.1 Å². The minimum absolute atomic E-state index is 0.151. The van der Waals surface area contributed by atoms with Crippen LogP contribution in [0, 0.1) is 5.82 Å². The summed E-state index contributed by atoms with van der Waals surface area (Å²) in [5.41, 5.74) is 0.723. The van der Waals surface area contributed by atoms with Gasteiger partial charge in [0, 0.05) is 10.6 Å². The van der Waals surface area contributed by atoms with Gasteiger partial charge in [0.25, 0.3) is 5.91 Å². The highest BCUT2D eigenvalue weighted by molar-refractivity contribution is 7.80. The molecule has 98 valence electrons. The maximum Gasteiger partial charge on any atom is 0.256 e. The molecule has 0 atom stereocenters. The highest BCUT2D eigenvalue weighted by atomic mass is 35.5. The molecule has 0 spiro atoms. The van der Waals surface area contributed by atoms with Crippen LogP contribution < -0.4 is 5.32 Å². The van der Waals surface area contributed by atoms with Crippen LogP contribution in [0.4, 0.5) is 10.1 Å². The third-order valence-electron chi connectivity index (χ3n) is 2.39. The Morgan fingerprint density at radius 1 is 1.16 bits per heavy atom. The lowest BCUT2D eigenvalue weighted by atomic mass is 10.2. The number of halogens is 3. The quantitative estimate of drug-likeness (QED) is 0.612. The highest BCUT2D eigenvalue weighted by Gasteiger charge is 2.12. The first-order valence-electron chi connectivity index (χ1n) is 5.23. The van der Waals surface area contributed by atoms with Gasteiger partial charge in [0.15, 0.2) is 5.82 Å². The summed E-state index contributed by atoms with van der Waals surface area (Å²) in [5.74, 6) is -1.08. The van der Waals surface area contributed by atoms with Crippen molar-refractivity contribution in [2.24, 2.45) is 0 Å². The average molecular weight is 316 g/mol. The molecule has 0 aliphatic carbocycles. The van der Waals surface area contributed by atoms with Crippen molar-refractivity contribution in [2.75, 3.05) is 5.32 Å². The maximum absolute atomic E-state index is 13.2. The molecule has 0 aromatic heterocycles. The molecule has 0 aliphatic rings. The van der Waals surface area contributed by atoms with E-state index in [1.807, 2.05) is 0 Å².